The van der Waals surface area contributed by atoms with E-state index in [0.717, 1.165) is 54.0 Å². The van der Waals surface area contributed by atoms with Gasteiger partial charge in [0.25, 0.3) is 0 Å². The van der Waals surface area contributed by atoms with E-state index in [-0.39, 0.29) is 5.41 Å². The van der Waals surface area contributed by atoms with Crippen LogP contribution in [0.15, 0.2) is 23.2 Å². The number of ketones is 1. The third-order valence-corrected chi connectivity index (χ3v) is 7.17. The van der Waals surface area contributed by atoms with Gasteiger partial charge in [-0.3, -0.25) is 4.79 Å². The Kier molecular flexibility index (Phi) is 3.45. The molecule has 26 heavy (non-hydrogen) atoms. The molecule has 4 saturated carbocycles. The maximum Gasteiger partial charge on any atom is 0.194 e. The highest BCUT2D eigenvalue weighted by Crippen LogP contribution is 2.60. The molecule has 0 radical (unpaired) electrons. The second-order valence-corrected chi connectivity index (χ2v) is 9.90. The zero-order chi connectivity index (χ0) is 18.1. The molecule has 4 fully saturated rings. The maximum atomic E-state index is 13.5. The van der Waals surface area contributed by atoms with Crippen LogP contribution in [0.3, 0.4) is 0 Å². The average molecular weight is 351 g/mol. The van der Waals surface area contributed by atoms with E-state index in [4.69, 9.17) is 9.73 Å². The average Bonchev–Trinajstić information content (AvgIpc) is 2.51. The Morgan fingerprint density at radius 3 is 2.35 bits per heavy atom. The van der Waals surface area contributed by atoms with E-state index in [1.165, 1.54) is 24.8 Å². The van der Waals surface area contributed by atoms with Gasteiger partial charge in [0.05, 0.1) is 5.71 Å². The third kappa shape index (κ3) is 2.62. The fourth-order valence-corrected chi connectivity index (χ4v) is 6.56. The maximum absolute atomic E-state index is 13.5. The Morgan fingerprint density at radius 1 is 1.12 bits per heavy atom. The van der Waals surface area contributed by atoms with Crippen molar-refractivity contribution in [2.75, 3.05) is 0 Å². The molecule has 5 aliphatic rings. The summed E-state index contributed by atoms with van der Waals surface area (Å²) in [7, 11) is 0. The van der Waals surface area contributed by atoms with Gasteiger partial charge in [-0.15, -0.1) is 0 Å². The Labute approximate surface area is 156 Å². The Hall–Kier alpha value is -1.64. The summed E-state index contributed by atoms with van der Waals surface area (Å²) in [6.45, 7) is 6.03. The van der Waals surface area contributed by atoms with Crippen LogP contribution in [0.5, 0.6) is 5.75 Å². The quantitative estimate of drug-likeness (QED) is 0.761. The lowest BCUT2D eigenvalue weighted by Crippen LogP contribution is -2.50. The van der Waals surface area contributed by atoms with Crippen molar-refractivity contribution in [2.24, 2.45) is 28.2 Å². The van der Waals surface area contributed by atoms with Crippen LogP contribution in [0, 0.1) is 30.1 Å². The van der Waals surface area contributed by atoms with Crippen molar-refractivity contribution in [1.29, 1.82) is 0 Å². The van der Waals surface area contributed by atoms with Crippen molar-refractivity contribution in [3.8, 4) is 5.75 Å². The number of aliphatic imine (C=N–C) groups is 1. The minimum atomic E-state index is -0.599. The lowest BCUT2D eigenvalue weighted by molar-refractivity contribution is -0.142. The molecule has 0 atom stereocenters. The third-order valence-electron chi connectivity index (χ3n) is 7.17. The van der Waals surface area contributed by atoms with E-state index < -0.39 is 5.72 Å². The topological polar surface area (TPSA) is 38.7 Å². The highest BCUT2D eigenvalue weighted by Gasteiger charge is 2.54. The van der Waals surface area contributed by atoms with Crippen LogP contribution in [0.25, 0.3) is 0 Å². The van der Waals surface area contributed by atoms with Crippen molar-refractivity contribution in [3.63, 3.8) is 0 Å². The first-order valence-electron chi connectivity index (χ1n) is 10.2. The number of benzene rings is 1. The number of hydrogen-bond donors (Lipinski definition) is 0. The molecular weight excluding hydrogens is 322 g/mol. The van der Waals surface area contributed by atoms with E-state index in [1.807, 2.05) is 13.8 Å². The first-order valence-corrected chi connectivity index (χ1v) is 10.2. The number of carbonyl (C=O) groups excluding carboxylic acids is 1. The number of rotatable bonds is 3. The molecule has 0 amide bonds. The summed E-state index contributed by atoms with van der Waals surface area (Å²) in [6.07, 6.45) is 7.97. The molecule has 1 aromatic carbocycles. The first kappa shape index (κ1) is 16.5. The summed E-state index contributed by atoms with van der Waals surface area (Å²) >= 11 is 0. The molecule has 0 aromatic heterocycles. The van der Waals surface area contributed by atoms with Gasteiger partial charge in [-0.2, -0.15) is 0 Å². The van der Waals surface area contributed by atoms with Gasteiger partial charge in [-0.25, -0.2) is 4.99 Å². The van der Waals surface area contributed by atoms with Gasteiger partial charge in [0, 0.05) is 17.4 Å². The molecule has 4 aliphatic carbocycles. The van der Waals surface area contributed by atoms with E-state index in [2.05, 4.69) is 25.1 Å². The van der Waals surface area contributed by atoms with Crippen molar-refractivity contribution in [2.45, 2.75) is 71.4 Å². The van der Waals surface area contributed by atoms with E-state index in [9.17, 15) is 4.79 Å². The summed E-state index contributed by atoms with van der Waals surface area (Å²) in [5.41, 5.74) is 2.46. The van der Waals surface area contributed by atoms with Crippen molar-refractivity contribution >= 4 is 11.5 Å². The number of aryl methyl sites for hydroxylation is 1. The molecule has 4 bridgehead atoms. The minimum Gasteiger partial charge on any atom is -0.466 e. The van der Waals surface area contributed by atoms with E-state index >= 15 is 0 Å². The van der Waals surface area contributed by atoms with Crippen LogP contribution < -0.4 is 4.74 Å². The zero-order valence-corrected chi connectivity index (χ0v) is 16.2. The second kappa shape index (κ2) is 5.43. The molecule has 0 spiro atoms. The number of ether oxygens (including phenoxy) is 1. The minimum absolute atomic E-state index is 0.0510. The summed E-state index contributed by atoms with van der Waals surface area (Å²) < 4.78 is 6.06. The largest absolute Gasteiger partial charge is 0.466 e. The second-order valence-electron chi connectivity index (χ2n) is 9.90. The van der Waals surface area contributed by atoms with E-state index in [1.54, 1.807) is 0 Å². The molecule has 1 aromatic rings. The van der Waals surface area contributed by atoms with Crippen molar-refractivity contribution in [1.82, 2.24) is 0 Å². The highest BCUT2D eigenvalue weighted by atomic mass is 16.5. The Morgan fingerprint density at radius 2 is 1.73 bits per heavy atom. The summed E-state index contributed by atoms with van der Waals surface area (Å²) in [6, 6.07) is 6.23. The summed E-state index contributed by atoms with van der Waals surface area (Å²) in [4.78, 5) is 18.4. The van der Waals surface area contributed by atoms with Gasteiger partial charge in [-0.1, -0.05) is 6.07 Å². The molecule has 6 rings (SSSR count). The molecule has 3 heteroatoms. The van der Waals surface area contributed by atoms with E-state index in [0.29, 0.717) is 12.2 Å². The lowest BCUT2D eigenvalue weighted by atomic mass is 9.48. The molecule has 0 unspecified atom stereocenters. The first-order chi connectivity index (χ1) is 12.3. The van der Waals surface area contributed by atoms with Gasteiger partial charge in [0.1, 0.15) is 11.5 Å². The normalized spacial score (nSPS) is 36.3. The number of fused-ring (bicyclic) bond motifs is 1. The summed E-state index contributed by atoms with van der Waals surface area (Å²) in [5.74, 6) is 3.72. The van der Waals surface area contributed by atoms with Gasteiger partial charge < -0.3 is 4.74 Å². The zero-order valence-electron chi connectivity index (χ0n) is 16.2. The molecule has 1 heterocycles. The van der Waals surface area contributed by atoms with Crippen LogP contribution in [0.4, 0.5) is 0 Å². The van der Waals surface area contributed by atoms with Gasteiger partial charge in [0.2, 0.25) is 0 Å². The predicted octanol–water partition coefficient (Wildman–Crippen LogP) is 5.09. The monoisotopic (exact) mass is 351 g/mol. The predicted molar refractivity (Wildman–Crippen MR) is 103 cm³/mol. The number of carbonyl (C=O) groups is 1. The van der Waals surface area contributed by atoms with Crippen LogP contribution in [0.2, 0.25) is 0 Å². The molecule has 0 N–H and O–H groups in total. The van der Waals surface area contributed by atoms with Crippen LogP contribution in [0.1, 0.15) is 69.9 Å². The lowest BCUT2D eigenvalue weighted by Gasteiger charge is -2.56. The molecule has 3 nitrogen and oxygen atoms in total. The van der Waals surface area contributed by atoms with Gasteiger partial charge in [0.15, 0.2) is 5.72 Å². The standard InChI is InChI=1S/C23H29NO2/c1-14-4-5-18-19(24-22(2,3)26-20(18)6-14)10-21(25)23-11-15-7-16(12-23)9-17(8-15)13-23/h4-6,15-17H,7-13H2,1-3H3. The van der Waals surface area contributed by atoms with Gasteiger partial charge in [-0.05, 0) is 94.7 Å². The molecule has 1 aliphatic heterocycles. The SMILES string of the molecule is Cc1ccc2c(c1)OC(C)(C)N=C2CC(=O)C12CC3CC(CC(C3)C1)C2. The molecule has 138 valence electrons. The number of hydrogen-bond acceptors (Lipinski definition) is 3. The van der Waals surface area contributed by atoms with Crippen LogP contribution >= 0.6 is 0 Å². The highest BCUT2D eigenvalue weighted by molar-refractivity contribution is 6.14. The Bertz CT molecular complexity index is 769. The van der Waals surface area contributed by atoms with Crippen LogP contribution in [-0.2, 0) is 4.79 Å². The fraction of sp³-hybridized carbons (Fsp3) is 0.652. The van der Waals surface area contributed by atoms with Crippen LogP contribution in [-0.4, -0.2) is 17.2 Å². The summed E-state index contributed by atoms with van der Waals surface area (Å²) in [5, 5.41) is 0. The Balaban J connectivity index is 1.45. The number of nitrogens with zero attached hydrogens (tertiary/aromatic N) is 1. The van der Waals surface area contributed by atoms with Crippen molar-refractivity contribution in [3.05, 3.63) is 29.3 Å². The fourth-order valence-electron chi connectivity index (χ4n) is 6.56. The smallest absolute Gasteiger partial charge is 0.194 e. The number of Topliss-reactive ketones (excluding diaryl/α,β-unsaturated/α-hetero) is 1. The van der Waals surface area contributed by atoms with Gasteiger partial charge >= 0.3 is 0 Å². The molecule has 0 saturated heterocycles. The van der Waals surface area contributed by atoms with Crippen molar-refractivity contribution < 1.29 is 9.53 Å². The molecular formula is C23H29NO2.